The summed E-state index contributed by atoms with van der Waals surface area (Å²) in [6.45, 7) is 5.08. The van der Waals surface area contributed by atoms with Crippen molar-refractivity contribution < 1.29 is 14.3 Å². The summed E-state index contributed by atoms with van der Waals surface area (Å²) in [4.78, 5) is 34.5. The van der Waals surface area contributed by atoms with Crippen LogP contribution >= 0.6 is 11.6 Å². The van der Waals surface area contributed by atoms with Crippen LogP contribution in [0.15, 0.2) is 36.8 Å². The highest BCUT2D eigenvalue weighted by atomic mass is 35.5. The van der Waals surface area contributed by atoms with Gasteiger partial charge in [0.25, 0.3) is 0 Å². The number of hydrogen-bond donors (Lipinski definition) is 2. The molecular formula is C20H21ClN6O3. The van der Waals surface area contributed by atoms with E-state index >= 15 is 0 Å². The molecule has 10 heteroatoms. The maximum absolute atomic E-state index is 12.2. The van der Waals surface area contributed by atoms with Crippen molar-refractivity contribution in [3.8, 4) is 11.3 Å². The summed E-state index contributed by atoms with van der Waals surface area (Å²) in [7, 11) is 0. The van der Waals surface area contributed by atoms with E-state index in [-0.39, 0.29) is 12.1 Å². The molecule has 3 heterocycles. The topological polar surface area (TPSA) is 101 Å². The molecule has 0 radical (unpaired) electrons. The minimum Gasteiger partial charge on any atom is -0.447 e. The Labute approximate surface area is 178 Å². The van der Waals surface area contributed by atoms with E-state index in [1.54, 1.807) is 53.7 Å². The smallest absolute Gasteiger partial charge is 0.411 e. The summed E-state index contributed by atoms with van der Waals surface area (Å²) >= 11 is 6.38. The largest absolute Gasteiger partial charge is 0.447 e. The van der Waals surface area contributed by atoms with E-state index in [1.165, 1.54) is 6.20 Å². The lowest BCUT2D eigenvalue weighted by Gasteiger charge is -2.30. The number of imidazole rings is 1. The van der Waals surface area contributed by atoms with Crippen LogP contribution in [0.4, 0.5) is 21.0 Å². The second-order valence-corrected chi connectivity index (χ2v) is 7.63. The number of urea groups is 1. The number of anilines is 2. The Morgan fingerprint density at radius 3 is 2.67 bits per heavy atom. The Morgan fingerprint density at radius 2 is 1.97 bits per heavy atom. The lowest BCUT2D eigenvalue weighted by atomic mass is 10.1. The van der Waals surface area contributed by atoms with Gasteiger partial charge in [0.15, 0.2) is 0 Å². The number of amides is 3. The van der Waals surface area contributed by atoms with Crippen molar-refractivity contribution >= 4 is 40.9 Å². The fourth-order valence-corrected chi connectivity index (χ4v) is 3.18. The number of nitrogens with zero attached hydrogens (tertiary/aromatic N) is 4. The number of hydrogen-bond acceptors (Lipinski definition) is 5. The highest BCUT2D eigenvalue weighted by molar-refractivity contribution is 6.33. The van der Waals surface area contributed by atoms with Gasteiger partial charge >= 0.3 is 12.1 Å². The van der Waals surface area contributed by atoms with Gasteiger partial charge in [0.1, 0.15) is 0 Å². The molecule has 1 aromatic carbocycles. The van der Waals surface area contributed by atoms with Crippen LogP contribution in [0.2, 0.25) is 5.02 Å². The molecule has 3 amide bonds. The third-order valence-electron chi connectivity index (χ3n) is 4.54. The Balaban J connectivity index is 1.57. The highest BCUT2D eigenvalue weighted by Gasteiger charge is 2.20. The van der Waals surface area contributed by atoms with Crippen LogP contribution in [0.1, 0.15) is 20.3 Å². The van der Waals surface area contributed by atoms with Gasteiger partial charge in [0.05, 0.1) is 28.7 Å². The van der Waals surface area contributed by atoms with Crippen molar-refractivity contribution in [3.63, 3.8) is 0 Å². The van der Waals surface area contributed by atoms with Crippen LogP contribution < -0.4 is 10.6 Å². The molecule has 1 aliphatic rings. The Bertz CT molecular complexity index is 1110. The Morgan fingerprint density at radius 1 is 1.17 bits per heavy atom. The number of carbonyl (C=O) groups is 2. The van der Waals surface area contributed by atoms with Gasteiger partial charge in [-0.15, -0.1) is 0 Å². The first kappa shape index (κ1) is 20.0. The van der Waals surface area contributed by atoms with E-state index in [2.05, 4.69) is 20.6 Å². The van der Waals surface area contributed by atoms with Crippen molar-refractivity contribution in [1.29, 1.82) is 0 Å². The zero-order valence-electron chi connectivity index (χ0n) is 16.6. The van der Waals surface area contributed by atoms with Crippen molar-refractivity contribution in [2.75, 3.05) is 23.7 Å². The molecule has 2 aromatic heterocycles. The van der Waals surface area contributed by atoms with E-state index in [9.17, 15) is 9.59 Å². The monoisotopic (exact) mass is 428 g/mol. The van der Waals surface area contributed by atoms with Gasteiger partial charge in [-0.1, -0.05) is 11.6 Å². The van der Waals surface area contributed by atoms with Crippen LogP contribution in [0, 0.1) is 0 Å². The van der Waals surface area contributed by atoms with Gasteiger partial charge in [-0.2, -0.15) is 0 Å². The second-order valence-electron chi connectivity index (χ2n) is 7.22. The van der Waals surface area contributed by atoms with Crippen molar-refractivity contribution in [2.24, 2.45) is 0 Å². The predicted molar refractivity (Wildman–Crippen MR) is 114 cm³/mol. The molecule has 1 saturated heterocycles. The first-order valence-electron chi connectivity index (χ1n) is 9.57. The normalized spacial score (nSPS) is 13.3. The van der Waals surface area contributed by atoms with Crippen LogP contribution in [0.3, 0.4) is 0 Å². The van der Waals surface area contributed by atoms with E-state index in [4.69, 9.17) is 16.3 Å². The number of carbonyl (C=O) groups excluding carboxylic acids is 2. The summed E-state index contributed by atoms with van der Waals surface area (Å²) in [5.41, 5.74) is 2.36. The quantitative estimate of drug-likeness (QED) is 0.647. The summed E-state index contributed by atoms with van der Waals surface area (Å²) in [5.74, 6) is 0.443. The van der Waals surface area contributed by atoms with Crippen LogP contribution in [-0.4, -0.2) is 50.6 Å². The molecule has 2 N–H and O–H groups in total. The Kier molecular flexibility index (Phi) is 5.45. The number of ether oxygens (including phenoxy) is 1. The number of aromatic nitrogens is 3. The lowest BCUT2D eigenvalue weighted by molar-refractivity contribution is 0.130. The lowest BCUT2D eigenvalue weighted by Crippen LogP contribution is -2.44. The molecule has 156 valence electrons. The summed E-state index contributed by atoms with van der Waals surface area (Å²) < 4.78 is 6.75. The van der Waals surface area contributed by atoms with Gasteiger partial charge in [-0.25, -0.2) is 19.6 Å². The number of nitrogens with one attached hydrogen (secondary N) is 2. The maximum atomic E-state index is 12.2. The number of benzene rings is 1. The minimum atomic E-state index is -0.555. The maximum Gasteiger partial charge on any atom is 0.411 e. The molecule has 1 aliphatic heterocycles. The number of halogens is 1. The zero-order chi connectivity index (χ0) is 21.3. The molecule has 30 heavy (non-hydrogen) atoms. The molecule has 1 fully saturated rings. The number of likely N-dealkylation sites (tertiary alicyclic amines) is 1. The molecule has 0 unspecified atom stereocenters. The highest BCUT2D eigenvalue weighted by Crippen LogP contribution is 2.30. The summed E-state index contributed by atoms with van der Waals surface area (Å²) in [5, 5.41) is 6.00. The van der Waals surface area contributed by atoms with Crippen LogP contribution in [0.25, 0.3) is 17.0 Å². The average molecular weight is 429 g/mol. The third kappa shape index (κ3) is 4.30. The van der Waals surface area contributed by atoms with E-state index < -0.39 is 6.09 Å². The van der Waals surface area contributed by atoms with Crippen LogP contribution in [-0.2, 0) is 4.74 Å². The fraction of sp³-hybridized carbons (Fsp3) is 0.300. The summed E-state index contributed by atoms with van der Waals surface area (Å²) in [6.07, 6.45) is 5.18. The standard InChI is InChI=1S/C20H21ClN6O3/c1-12(2)30-20(29)24-14-9-22-18-25-17(11-27(18)10-14)15-8-13(4-5-16(15)21)23-19(28)26-6-3-7-26/h4-5,8-12H,3,6-7H2,1-2H3,(H,23,28)(H,24,29). The minimum absolute atomic E-state index is 0.129. The first-order chi connectivity index (χ1) is 14.4. The molecule has 4 rings (SSSR count). The van der Waals surface area contributed by atoms with E-state index in [1.807, 2.05) is 0 Å². The third-order valence-corrected chi connectivity index (χ3v) is 4.87. The molecule has 0 aliphatic carbocycles. The molecule has 0 spiro atoms. The van der Waals surface area contributed by atoms with Gasteiger partial charge in [0, 0.05) is 36.7 Å². The average Bonchev–Trinajstić information content (AvgIpc) is 3.04. The molecule has 9 nitrogen and oxygen atoms in total. The number of fused-ring (bicyclic) bond motifs is 1. The van der Waals surface area contributed by atoms with Crippen molar-refractivity contribution in [3.05, 3.63) is 41.8 Å². The van der Waals surface area contributed by atoms with Gasteiger partial charge in [0.2, 0.25) is 5.78 Å². The molecule has 0 saturated carbocycles. The zero-order valence-corrected chi connectivity index (χ0v) is 17.3. The second kappa shape index (κ2) is 8.19. The van der Waals surface area contributed by atoms with E-state index in [0.29, 0.717) is 33.4 Å². The van der Waals surface area contributed by atoms with Crippen molar-refractivity contribution in [1.82, 2.24) is 19.3 Å². The Hall–Kier alpha value is -3.33. The number of rotatable bonds is 4. The SMILES string of the molecule is CC(C)OC(=O)Nc1cnc2nc(-c3cc(NC(=O)N4CCC4)ccc3Cl)cn2c1. The van der Waals surface area contributed by atoms with Gasteiger partial charge < -0.3 is 15.0 Å². The molecule has 3 aromatic rings. The van der Waals surface area contributed by atoms with Gasteiger partial charge in [-0.05, 0) is 38.5 Å². The fourth-order valence-electron chi connectivity index (χ4n) is 2.96. The molecular weight excluding hydrogens is 408 g/mol. The molecule has 0 atom stereocenters. The van der Waals surface area contributed by atoms with Gasteiger partial charge in [-0.3, -0.25) is 9.72 Å². The predicted octanol–water partition coefficient (Wildman–Crippen LogP) is 4.24. The van der Waals surface area contributed by atoms with Crippen LogP contribution in [0.5, 0.6) is 0 Å². The molecule has 0 bridgehead atoms. The van der Waals surface area contributed by atoms with E-state index in [0.717, 1.165) is 19.5 Å². The summed E-state index contributed by atoms with van der Waals surface area (Å²) in [6, 6.07) is 5.12. The first-order valence-corrected chi connectivity index (χ1v) is 9.95. The van der Waals surface area contributed by atoms with Crippen molar-refractivity contribution in [2.45, 2.75) is 26.4 Å².